The van der Waals surface area contributed by atoms with E-state index in [1.165, 1.54) is 32.7 Å². The largest absolute Gasteiger partial charge is 0.494 e. The molecular formula is C24H18F2N4O4. The van der Waals surface area contributed by atoms with Gasteiger partial charge in [-0.15, -0.1) is 0 Å². The number of fused-ring (bicyclic) bond motifs is 1. The minimum Gasteiger partial charge on any atom is -0.494 e. The normalized spacial score (nSPS) is 10.7. The molecule has 0 radical (unpaired) electrons. The predicted molar refractivity (Wildman–Crippen MR) is 121 cm³/mol. The average molecular weight is 464 g/mol. The molecule has 2 heterocycles. The minimum atomic E-state index is -1.15. The average Bonchev–Trinajstić information content (AvgIpc) is 3.27. The Hall–Kier alpha value is -4.60. The van der Waals surface area contributed by atoms with Crippen molar-refractivity contribution in [2.24, 2.45) is 0 Å². The van der Waals surface area contributed by atoms with E-state index in [-0.39, 0.29) is 22.9 Å². The number of aromatic nitrogens is 3. The number of hydrogen-bond donors (Lipinski definition) is 1. The molecule has 0 aliphatic heterocycles. The molecule has 10 heteroatoms. The SMILES string of the molecule is C=CC(=O)Nc1cccc(-c2ncc3c(ccn3C(=O)c3c(F)c(OC)cc(OC)c3F)n2)c1. The van der Waals surface area contributed by atoms with Crippen LogP contribution in [0, 0.1) is 11.6 Å². The smallest absolute Gasteiger partial charge is 0.268 e. The highest BCUT2D eigenvalue weighted by atomic mass is 19.1. The van der Waals surface area contributed by atoms with E-state index in [4.69, 9.17) is 9.47 Å². The molecule has 0 spiro atoms. The first kappa shape index (κ1) is 22.6. The summed E-state index contributed by atoms with van der Waals surface area (Å²) in [4.78, 5) is 33.4. The minimum absolute atomic E-state index is 0.241. The fourth-order valence-corrected chi connectivity index (χ4v) is 3.36. The molecule has 8 nitrogen and oxygen atoms in total. The predicted octanol–water partition coefficient (Wildman–Crippen LogP) is 4.21. The summed E-state index contributed by atoms with van der Waals surface area (Å²) >= 11 is 0. The highest BCUT2D eigenvalue weighted by molar-refractivity contribution is 6.02. The van der Waals surface area contributed by atoms with E-state index in [9.17, 15) is 18.4 Å². The fraction of sp³-hybridized carbons (Fsp3) is 0.0833. The lowest BCUT2D eigenvalue weighted by Crippen LogP contribution is -2.16. The number of anilines is 1. The van der Waals surface area contributed by atoms with Gasteiger partial charge >= 0.3 is 0 Å². The summed E-state index contributed by atoms with van der Waals surface area (Å²) in [7, 11) is 2.39. The number of ether oxygens (including phenoxy) is 2. The van der Waals surface area contributed by atoms with E-state index in [0.29, 0.717) is 22.6 Å². The van der Waals surface area contributed by atoms with Gasteiger partial charge in [0.25, 0.3) is 5.91 Å². The Labute approximate surface area is 192 Å². The van der Waals surface area contributed by atoms with Crippen LogP contribution in [0.2, 0.25) is 0 Å². The maximum absolute atomic E-state index is 14.8. The van der Waals surface area contributed by atoms with E-state index >= 15 is 0 Å². The Morgan fingerprint density at radius 3 is 2.44 bits per heavy atom. The van der Waals surface area contributed by atoms with Crippen LogP contribution in [-0.4, -0.2) is 40.6 Å². The summed E-state index contributed by atoms with van der Waals surface area (Å²) in [5.74, 6) is -3.98. The number of nitrogens with zero attached hydrogens (tertiary/aromatic N) is 3. The molecule has 0 fully saturated rings. The van der Waals surface area contributed by atoms with Gasteiger partial charge in [-0.25, -0.2) is 18.7 Å². The highest BCUT2D eigenvalue weighted by Gasteiger charge is 2.27. The Morgan fingerprint density at radius 2 is 1.79 bits per heavy atom. The lowest BCUT2D eigenvalue weighted by molar-refractivity contribution is -0.111. The zero-order chi connectivity index (χ0) is 24.4. The van der Waals surface area contributed by atoms with Crippen molar-refractivity contribution in [3.8, 4) is 22.9 Å². The van der Waals surface area contributed by atoms with Crippen LogP contribution in [0.5, 0.6) is 11.5 Å². The van der Waals surface area contributed by atoms with E-state index < -0.39 is 23.1 Å². The number of hydrogen-bond acceptors (Lipinski definition) is 6. The molecule has 1 N–H and O–H groups in total. The fourth-order valence-electron chi connectivity index (χ4n) is 3.36. The molecule has 4 rings (SSSR count). The monoisotopic (exact) mass is 464 g/mol. The summed E-state index contributed by atoms with van der Waals surface area (Å²) in [6.07, 6.45) is 3.87. The maximum atomic E-state index is 14.8. The molecule has 34 heavy (non-hydrogen) atoms. The zero-order valence-electron chi connectivity index (χ0n) is 18.1. The number of benzene rings is 2. The summed E-state index contributed by atoms with van der Waals surface area (Å²) in [5.41, 5.74) is 0.915. The molecular weight excluding hydrogens is 446 g/mol. The van der Waals surface area contributed by atoms with Crippen molar-refractivity contribution in [1.29, 1.82) is 0 Å². The molecule has 0 aliphatic carbocycles. The van der Waals surface area contributed by atoms with Gasteiger partial charge in [-0.3, -0.25) is 14.2 Å². The summed E-state index contributed by atoms with van der Waals surface area (Å²) in [5, 5.41) is 2.65. The molecule has 0 saturated carbocycles. The van der Waals surface area contributed by atoms with Crippen molar-refractivity contribution in [3.05, 3.63) is 78.6 Å². The third-order valence-corrected chi connectivity index (χ3v) is 5.02. The molecule has 0 saturated heterocycles. The molecule has 0 unspecified atom stereocenters. The van der Waals surface area contributed by atoms with Gasteiger partial charge in [0.2, 0.25) is 5.91 Å². The van der Waals surface area contributed by atoms with Gasteiger partial charge in [0.05, 0.1) is 31.4 Å². The van der Waals surface area contributed by atoms with Gasteiger partial charge in [-0.05, 0) is 24.3 Å². The maximum Gasteiger partial charge on any atom is 0.268 e. The third kappa shape index (κ3) is 3.96. The Morgan fingerprint density at radius 1 is 1.09 bits per heavy atom. The lowest BCUT2D eigenvalue weighted by Gasteiger charge is -2.12. The van der Waals surface area contributed by atoms with Gasteiger partial charge in [0.15, 0.2) is 29.0 Å². The van der Waals surface area contributed by atoms with Crippen LogP contribution in [0.15, 0.2) is 61.4 Å². The molecule has 172 valence electrons. The van der Waals surface area contributed by atoms with Gasteiger partial charge < -0.3 is 14.8 Å². The van der Waals surface area contributed by atoms with Crippen molar-refractivity contribution < 1.29 is 27.8 Å². The highest BCUT2D eigenvalue weighted by Crippen LogP contribution is 2.32. The number of nitrogens with one attached hydrogen (secondary N) is 1. The number of amides is 1. The van der Waals surface area contributed by atoms with Crippen molar-refractivity contribution >= 4 is 28.5 Å². The van der Waals surface area contributed by atoms with Crippen LogP contribution in [0.1, 0.15) is 10.4 Å². The molecule has 2 aromatic carbocycles. The summed E-state index contributed by atoms with van der Waals surface area (Å²) < 4.78 is 40.5. The number of methoxy groups -OCH3 is 2. The first-order valence-electron chi connectivity index (χ1n) is 9.90. The number of carbonyl (C=O) groups is 2. The second kappa shape index (κ2) is 9.10. The second-order valence-corrected chi connectivity index (χ2v) is 7.01. The first-order chi connectivity index (χ1) is 16.4. The molecule has 1 amide bonds. The van der Waals surface area contributed by atoms with E-state index in [1.807, 2.05) is 0 Å². The molecule has 4 aromatic rings. The Bertz CT molecular complexity index is 1420. The van der Waals surface area contributed by atoms with Crippen LogP contribution >= 0.6 is 0 Å². The van der Waals surface area contributed by atoms with Crippen LogP contribution in [0.3, 0.4) is 0 Å². The van der Waals surface area contributed by atoms with Crippen molar-refractivity contribution in [1.82, 2.24) is 14.5 Å². The van der Waals surface area contributed by atoms with E-state index in [2.05, 4.69) is 21.9 Å². The number of halogens is 2. The first-order valence-corrected chi connectivity index (χ1v) is 9.90. The quantitative estimate of drug-likeness (QED) is 0.430. The van der Waals surface area contributed by atoms with Gasteiger partial charge in [-0.2, -0.15) is 0 Å². The van der Waals surface area contributed by atoms with Crippen LogP contribution in [-0.2, 0) is 4.79 Å². The summed E-state index contributed by atoms with van der Waals surface area (Å²) in [6, 6.07) is 9.39. The zero-order valence-corrected chi connectivity index (χ0v) is 18.1. The Kier molecular flexibility index (Phi) is 6.05. The topological polar surface area (TPSA) is 95.3 Å². The lowest BCUT2D eigenvalue weighted by atomic mass is 10.1. The standard InChI is InChI=1S/C24H18F2N4O4/c1-4-19(31)28-14-7-5-6-13(10-14)23-27-12-16-15(29-23)8-9-30(16)24(32)20-21(25)17(33-2)11-18(34-3)22(20)26/h4-12H,1H2,2-3H3,(H,28,31). The second-order valence-electron chi connectivity index (χ2n) is 7.01. The molecule has 0 bridgehead atoms. The van der Waals surface area contributed by atoms with Gasteiger partial charge in [0.1, 0.15) is 5.56 Å². The van der Waals surface area contributed by atoms with Crippen LogP contribution in [0.4, 0.5) is 14.5 Å². The Balaban J connectivity index is 1.75. The van der Waals surface area contributed by atoms with Crippen LogP contribution < -0.4 is 14.8 Å². The van der Waals surface area contributed by atoms with Gasteiger partial charge in [0, 0.05) is 23.5 Å². The summed E-state index contributed by atoms with van der Waals surface area (Å²) in [6.45, 7) is 3.41. The third-order valence-electron chi connectivity index (χ3n) is 5.02. The van der Waals surface area contributed by atoms with Crippen molar-refractivity contribution in [2.45, 2.75) is 0 Å². The van der Waals surface area contributed by atoms with E-state index in [1.54, 1.807) is 24.3 Å². The van der Waals surface area contributed by atoms with Crippen LogP contribution in [0.25, 0.3) is 22.4 Å². The number of rotatable bonds is 6. The molecule has 2 aromatic heterocycles. The number of carbonyl (C=O) groups excluding carboxylic acids is 2. The molecule has 0 atom stereocenters. The van der Waals surface area contributed by atoms with Gasteiger partial charge in [-0.1, -0.05) is 18.7 Å². The molecule has 0 aliphatic rings. The van der Waals surface area contributed by atoms with E-state index in [0.717, 1.165) is 16.7 Å². The van der Waals surface area contributed by atoms with Crippen molar-refractivity contribution in [3.63, 3.8) is 0 Å². The van der Waals surface area contributed by atoms with Crippen molar-refractivity contribution in [2.75, 3.05) is 19.5 Å².